The summed E-state index contributed by atoms with van der Waals surface area (Å²) < 4.78 is 5.07. The zero-order chi connectivity index (χ0) is 13.5. The highest BCUT2D eigenvalue weighted by molar-refractivity contribution is 7.28. The molecule has 0 aliphatic heterocycles. The normalized spacial score (nSPS) is 12.3. The van der Waals surface area contributed by atoms with E-state index in [1.54, 1.807) is 19.5 Å². The third-order valence-corrected chi connectivity index (χ3v) is 20.8. The monoisotopic (exact) mass is 304 g/mol. The van der Waals surface area contributed by atoms with Crippen molar-refractivity contribution in [3.8, 4) is 17.1 Å². The van der Waals surface area contributed by atoms with Gasteiger partial charge in [0.25, 0.3) is 0 Å². The Bertz CT molecular complexity index is 502. The fourth-order valence-electron chi connectivity index (χ4n) is 1.97. The van der Waals surface area contributed by atoms with Crippen molar-refractivity contribution < 1.29 is 4.74 Å². The standard InChI is InChI=1S/C13H20N2OSi3/c1-16-12-7-14-13(15-8-12)11-5-3-10(4-6-11)9-18-19-17-2/h3-8H,9,17-19H2,1-2H3. The van der Waals surface area contributed by atoms with Crippen LogP contribution in [0.1, 0.15) is 5.56 Å². The Morgan fingerprint density at radius 2 is 1.79 bits per heavy atom. The van der Waals surface area contributed by atoms with Gasteiger partial charge in [0.2, 0.25) is 0 Å². The molecule has 19 heavy (non-hydrogen) atoms. The average Bonchev–Trinajstić information content (AvgIpc) is 2.48. The summed E-state index contributed by atoms with van der Waals surface area (Å²) in [5.74, 6) is 1.46. The number of hydrogen-bond acceptors (Lipinski definition) is 3. The van der Waals surface area contributed by atoms with Gasteiger partial charge in [-0.25, -0.2) is 9.97 Å². The molecule has 0 fully saturated rings. The molecule has 0 amide bonds. The number of nitrogens with zero attached hydrogens (tertiary/aromatic N) is 2. The molecular weight excluding hydrogens is 284 g/mol. The molecule has 1 aromatic carbocycles. The van der Waals surface area contributed by atoms with Gasteiger partial charge < -0.3 is 4.74 Å². The van der Waals surface area contributed by atoms with Gasteiger partial charge in [0.15, 0.2) is 11.6 Å². The molecule has 3 nitrogen and oxygen atoms in total. The highest BCUT2D eigenvalue weighted by atomic mass is 29.5. The van der Waals surface area contributed by atoms with E-state index in [0.717, 1.165) is 11.4 Å². The lowest BCUT2D eigenvalue weighted by Crippen LogP contribution is -2.12. The number of ether oxygens (including phenoxy) is 1. The lowest BCUT2D eigenvalue weighted by Gasteiger charge is -2.04. The first kappa shape index (κ1) is 14.2. The summed E-state index contributed by atoms with van der Waals surface area (Å²) in [5.41, 5.74) is 2.58. The first-order valence-electron chi connectivity index (χ1n) is 6.79. The fourth-order valence-corrected chi connectivity index (χ4v) is 13.7. The maximum Gasteiger partial charge on any atom is 0.159 e. The summed E-state index contributed by atoms with van der Waals surface area (Å²) in [6, 6.07) is 10.1. The molecule has 0 saturated heterocycles. The van der Waals surface area contributed by atoms with Gasteiger partial charge in [-0.2, -0.15) is 0 Å². The van der Waals surface area contributed by atoms with E-state index in [-0.39, 0.29) is 9.04 Å². The Morgan fingerprint density at radius 1 is 1.11 bits per heavy atom. The van der Waals surface area contributed by atoms with Crippen molar-refractivity contribution in [2.45, 2.75) is 12.6 Å². The van der Waals surface area contributed by atoms with Gasteiger partial charge in [-0.3, -0.25) is 0 Å². The van der Waals surface area contributed by atoms with E-state index >= 15 is 0 Å². The zero-order valence-corrected chi connectivity index (χ0v) is 15.8. The van der Waals surface area contributed by atoms with Crippen LogP contribution in [0.5, 0.6) is 5.75 Å². The predicted molar refractivity (Wildman–Crippen MR) is 89.2 cm³/mol. The summed E-state index contributed by atoms with van der Waals surface area (Å²) in [7, 11) is 2.77. The molecule has 0 bridgehead atoms. The lowest BCUT2D eigenvalue weighted by atomic mass is 10.1. The summed E-state index contributed by atoms with van der Waals surface area (Å²) in [6.45, 7) is 2.46. The number of methoxy groups -OCH3 is 1. The van der Waals surface area contributed by atoms with Crippen LogP contribution in [0, 0.1) is 0 Å². The van der Waals surface area contributed by atoms with E-state index < -0.39 is 0 Å². The molecule has 0 aliphatic rings. The van der Waals surface area contributed by atoms with E-state index in [1.807, 2.05) is 0 Å². The lowest BCUT2D eigenvalue weighted by molar-refractivity contribution is 0.411. The van der Waals surface area contributed by atoms with Gasteiger partial charge >= 0.3 is 0 Å². The highest BCUT2D eigenvalue weighted by Gasteiger charge is 2.02. The molecule has 100 valence electrons. The van der Waals surface area contributed by atoms with E-state index in [4.69, 9.17) is 4.74 Å². The van der Waals surface area contributed by atoms with Gasteiger partial charge in [-0.15, -0.1) is 0 Å². The van der Waals surface area contributed by atoms with Crippen molar-refractivity contribution in [2.24, 2.45) is 0 Å². The van der Waals surface area contributed by atoms with E-state index in [2.05, 4.69) is 40.8 Å². The average molecular weight is 305 g/mol. The number of benzene rings is 1. The van der Waals surface area contributed by atoms with Crippen molar-refractivity contribution >= 4 is 26.6 Å². The van der Waals surface area contributed by atoms with Gasteiger partial charge in [0.05, 0.1) is 19.5 Å². The summed E-state index contributed by atoms with van der Waals surface area (Å²) in [6.07, 6.45) is 3.42. The molecule has 1 aromatic heterocycles. The van der Waals surface area contributed by atoms with Crippen LogP contribution < -0.4 is 4.74 Å². The predicted octanol–water partition coefficient (Wildman–Crippen LogP) is 0.0367. The quantitative estimate of drug-likeness (QED) is 0.558. The molecule has 2 rings (SSSR count). The summed E-state index contributed by atoms with van der Waals surface area (Å²) >= 11 is 0. The zero-order valence-electron chi connectivity index (χ0n) is 11.6. The molecule has 0 N–H and O–H groups in total. The Labute approximate surface area is 120 Å². The summed E-state index contributed by atoms with van der Waals surface area (Å²) in [5, 5.41) is 0. The van der Waals surface area contributed by atoms with Crippen LogP contribution in [0.2, 0.25) is 6.55 Å². The van der Waals surface area contributed by atoms with Crippen LogP contribution in [0.25, 0.3) is 11.4 Å². The minimum absolute atomic E-state index is 0.282. The van der Waals surface area contributed by atoms with E-state index in [9.17, 15) is 0 Å². The topological polar surface area (TPSA) is 35.0 Å². The van der Waals surface area contributed by atoms with Crippen molar-refractivity contribution in [3.05, 3.63) is 42.2 Å². The van der Waals surface area contributed by atoms with Crippen LogP contribution >= 0.6 is 0 Å². The SMILES string of the molecule is COc1cnc(-c2ccc(C[SiH2][SiH2][SiH2]C)cc2)nc1. The van der Waals surface area contributed by atoms with Crippen LogP contribution in [0.15, 0.2) is 36.7 Å². The van der Waals surface area contributed by atoms with E-state index in [0.29, 0.717) is 23.3 Å². The van der Waals surface area contributed by atoms with Crippen molar-refractivity contribution in [3.63, 3.8) is 0 Å². The maximum atomic E-state index is 5.07. The molecule has 0 saturated carbocycles. The van der Waals surface area contributed by atoms with Crippen molar-refractivity contribution in [1.29, 1.82) is 0 Å². The van der Waals surface area contributed by atoms with Crippen molar-refractivity contribution in [1.82, 2.24) is 9.97 Å². The minimum Gasteiger partial charge on any atom is -0.494 e. The third kappa shape index (κ3) is 4.12. The molecule has 0 spiro atoms. The Kier molecular flexibility index (Phi) is 5.49. The Balaban J connectivity index is 2.04. The second kappa shape index (κ2) is 7.37. The largest absolute Gasteiger partial charge is 0.494 e. The summed E-state index contributed by atoms with van der Waals surface area (Å²) in [4.78, 5) is 8.62. The Morgan fingerprint density at radius 3 is 2.37 bits per heavy atom. The molecule has 0 aliphatic carbocycles. The van der Waals surface area contributed by atoms with Crippen LogP contribution in [0.4, 0.5) is 0 Å². The first-order valence-corrected chi connectivity index (χ1v) is 17.2. The molecular formula is C13H20N2OSi3. The van der Waals surface area contributed by atoms with Gasteiger partial charge in [-0.1, -0.05) is 36.4 Å². The number of rotatable bonds is 6. The number of aromatic nitrogens is 2. The molecule has 0 radical (unpaired) electrons. The molecule has 0 atom stereocenters. The van der Waals surface area contributed by atoms with Crippen molar-refractivity contribution in [2.75, 3.05) is 7.11 Å². The second-order valence-electron chi connectivity index (χ2n) is 4.60. The fraction of sp³-hybridized carbons (Fsp3) is 0.231. The van der Waals surface area contributed by atoms with Crippen LogP contribution in [-0.2, 0) is 6.04 Å². The maximum absolute atomic E-state index is 5.07. The van der Waals surface area contributed by atoms with Gasteiger partial charge in [0.1, 0.15) is 0 Å². The number of hydrogen-bond donors (Lipinski definition) is 0. The van der Waals surface area contributed by atoms with Crippen LogP contribution in [0.3, 0.4) is 0 Å². The smallest absolute Gasteiger partial charge is 0.159 e. The third-order valence-electron chi connectivity index (χ3n) is 3.14. The van der Waals surface area contributed by atoms with Crippen LogP contribution in [-0.4, -0.2) is 43.7 Å². The molecule has 2 aromatic rings. The molecule has 0 unspecified atom stereocenters. The molecule has 6 heteroatoms. The highest BCUT2D eigenvalue weighted by Crippen LogP contribution is 2.17. The van der Waals surface area contributed by atoms with Gasteiger partial charge in [-0.05, 0) is 14.6 Å². The van der Waals surface area contributed by atoms with E-state index in [1.165, 1.54) is 11.6 Å². The second-order valence-corrected chi connectivity index (χ2v) is 21.1. The minimum atomic E-state index is 0.282. The van der Waals surface area contributed by atoms with Gasteiger partial charge in [0, 0.05) is 23.6 Å². The molecule has 1 heterocycles. The first-order chi connectivity index (χ1) is 9.33. The Hall–Kier alpha value is -1.25.